The van der Waals surface area contributed by atoms with Crippen LogP contribution in [0.2, 0.25) is 0 Å². The molecule has 0 radical (unpaired) electrons. The second-order valence-corrected chi connectivity index (χ2v) is 12.8. The standard InChI is InChI=1S/C21H29N7O14P2.2Na/c22-17-12-19(25-7-24-17)28(8-26-12)21-16(32)14(30)11(41-21)6-39-44(36,37)42-43(34,35)38-5-10-13(29)15(31)20(40-10)27-3-1-2-9(4-27)18(23)33;;/h1,3-4,7-8,10-11,13-16,20-21,29-32H,2,5-6H2,(H2,23,33)(H,34,35)(H,36,37)(H2,22,24,25);;/q;2*+1/p-2/t10-,11-,13+,14-,15+,16-,20+,21-;;/m0../s1. The molecule has 8 N–H and O–H groups in total. The van der Waals surface area contributed by atoms with Crippen molar-refractivity contribution in [2.45, 2.75) is 55.5 Å². The topological polar surface area (TPSA) is 323 Å². The molecule has 2 unspecified atom stereocenters. The number of amides is 1. The first kappa shape index (κ1) is 39.6. The predicted molar refractivity (Wildman–Crippen MR) is 137 cm³/mol. The number of aromatic nitrogens is 4. The third-order valence-corrected chi connectivity index (χ3v) is 9.39. The first-order chi connectivity index (χ1) is 20.7. The maximum atomic E-state index is 12.3. The molecule has 1 amide bonds. The fourth-order valence-electron chi connectivity index (χ4n) is 4.66. The SMILES string of the molecule is NC(=O)C1=CN([C@@H]2O[C@@H](COP(=O)([O-])OP(=O)([O-])OC[C@@H]3O[C@H](n4cnc5c(N)ncnc54)[C@@H](O)[C@H]3O)[C@@H](O)[C@H]2O)C=CC1.[Na+].[Na+]. The van der Waals surface area contributed by atoms with Crippen molar-refractivity contribution >= 4 is 38.5 Å². The fraction of sp³-hybridized carbons (Fsp3) is 0.524. The maximum Gasteiger partial charge on any atom is 1.00 e. The van der Waals surface area contributed by atoms with Crippen LogP contribution in [0.4, 0.5) is 5.82 Å². The van der Waals surface area contributed by atoms with Crippen LogP contribution >= 0.6 is 15.6 Å². The molecule has 0 saturated carbocycles. The van der Waals surface area contributed by atoms with E-state index in [1.165, 1.54) is 28.2 Å². The maximum absolute atomic E-state index is 12.3. The van der Waals surface area contributed by atoms with Gasteiger partial charge in [-0.25, -0.2) is 19.3 Å². The molecule has 2 aromatic heterocycles. The van der Waals surface area contributed by atoms with Gasteiger partial charge in [-0.2, -0.15) is 0 Å². The van der Waals surface area contributed by atoms with Crippen LogP contribution in [0.25, 0.3) is 11.2 Å². The van der Waals surface area contributed by atoms with E-state index in [2.05, 4.69) is 28.3 Å². The number of primary amides is 1. The quantitative estimate of drug-likeness (QED) is 0.0931. The van der Waals surface area contributed by atoms with Crippen molar-refractivity contribution in [3.63, 3.8) is 0 Å². The molecule has 0 spiro atoms. The van der Waals surface area contributed by atoms with Gasteiger partial charge in [-0.15, -0.1) is 0 Å². The molecule has 0 aromatic carbocycles. The number of ether oxygens (including phenoxy) is 2. The van der Waals surface area contributed by atoms with Crippen LogP contribution in [0.15, 0.2) is 36.7 Å². The molecule has 46 heavy (non-hydrogen) atoms. The van der Waals surface area contributed by atoms with E-state index >= 15 is 0 Å². The zero-order chi connectivity index (χ0) is 32.0. The first-order valence-electron chi connectivity index (χ1n) is 12.7. The molecule has 2 aromatic rings. The van der Waals surface area contributed by atoms with Gasteiger partial charge in [-0.3, -0.25) is 18.5 Å². The Hall–Kier alpha value is -0.880. The number of nitrogens with zero attached hydrogens (tertiary/aromatic N) is 5. The van der Waals surface area contributed by atoms with Gasteiger partial charge in [0.1, 0.15) is 48.5 Å². The largest absolute Gasteiger partial charge is 1.00 e. The molecule has 2 saturated heterocycles. The Morgan fingerprint density at radius 2 is 1.52 bits per heavy atom. The monoisotopic (exact) mass is 709 g/mol. The number of carbonyl (C=O) groups excluding carboxylic acids is 1. The van der Waals surface area contributed by atoms with Gasteiger partial charge in [0.2, 0.25) is 5.91 Å². The third kappa shape index (κ3) is 8.64. The van der Waals surface area contributed by atoms with E-state index in [0.29, 0.717) is 0 Å². The summed E-state index contributed by atoms with van der Waals surface area (Å²) in [5, 5.41) is 41.5. The summed E-state index contributed by atoms with van der Waals surface area (Å²) in [6.07, 6.45) is -5.32. The zero-order valence-corrected chi connectivity index (χ0v) is 30.1. The summed E-state index contributed by atoms with van der Waals surface area (Å²) in [5.74, 6) is -0.686. The van der Waals surface area contributed by atoms with Crippen molar-refractivity contribution in [3.05, 3.63) is 36.7 Å². The fourth-order valence-corrected chi connectivity index (χ4v) is 6.68. The molecule has 2 fully saturated rings. The molecule has 242 valence electrons. The number of rotatable bonds is 11. The smallest absolute Gasteiger partial charge is 0.756 e. The molecule has 5 rings (SSSR count). The van der Waals surface area contributed by atoms with Gasteiger partial charge in [0.15, 0.2) is 23.9 Å². The van der Waals surface area contributed by atoms with Gasteiger partial charge in [0.25, 0.3) is 15.6 Å². The number of fused-ring (bicyclic) bond motifs is 1. The van der Waals surface area contributed by atoms with Crippen molar-refractivity contribution in [3.8, 4) is 0 Å². The van der Waals surface area contributed by atoms with E-state index < -0.39 is 83.8 Å². The number of aliphatic hydroxyl groups is 4. The number of phosphoric ester groups is 2. The summed E-state index contributed by atoms with van der Waals surface area (Å²) in [7, 11) is -11.4. The Balaban J connectivity index is 0.00000288. The third-order valence-electron chi connectivity index (χ3n) is 6.86. The van der Waals surface area contributed by atoms with Crippen molar-refractivity contribution in [2.75, 3.05) is 18.9 Å². The van der Waals surface area contributed by atoms with Crippen LogP contribution in [0.1, 0.15) is 12.6 Å². The Labute approximate surface area is 303 Å². The average molecular weight is 709 g/mol. The number of aliphatic hydroxyl groups excluding tert-OH is 4. The van der Waals surface area contributed by atoms with E-state index in [9.17, 15) is 44.1 Å². The zero-order valence-electron chi connectivity index (χ0n) is 24.3. The molecular weight excluding hydrogens is 682 g/mol. The van der Waals surface area contributed by atoms with Crippen LogP contribution in [0, 0.1) is 0 Å². The van der Waals surface area contributed by atoms with Crippen LogP contribution in [0.3, 0.4) is 0 Å². The minimum atomic E-state index is -5.68. The summed E-state index contributed by atoms with van der Waals surface area (Å²) in [6.45, 7) is -1.97. The Bertz CT molecular complexity index is 1570. The van der Waals surface area contributed by atoms with E-state index in [0.717, 1.165) is 6.33 Å². The van der Waals surface area contributed by atoms with Crippen molar-refractivity contribution in [1.82, 2.24) is 24.4 Å². The molecule has 3 aliphatic rings. The van der Waals surface area contributed by atoms with Crippen LogP contribution in [0.5, 0.6) is 0 Å². The normalized spacial score (nSPS) is 31.9. The van der Waals surface area contributed by atoms with Gasteiger partial charge in [-0.1, -0.05) is 6.08 Å². The van der Waals surface area contributed by atoms with E-state index in [4.69, 9.17) is 20.9 Å². The number of imidazole rings is 1. The summed E-state index contributed by atoms with van der Waals surface area (Å²) in [6, 6.07) is 0. The molecule has 10 atom stereocenters. The molecule has 3 aliphatic heterocycles. The Kier molecular flexibility index (Phi) is 13.6. The Morgan fingerprint density at radius 3 is 2.11 bits per heavy atom. The van der Waals surface area contributed by atoms with Gasteiger partial charge in [0.05, 0.1) is 19.5 Å². The number of hydrogen-bond acceptors (Lipinski definition) is 19. The van der Waals surface area contributed by atoms with Crippen LogP contribution in [-0.4, -0.2) is 107 Å². The van der Waals surface area contributed by atoms with E-state index in [1.54, 1.807) is 6.08 Å². The summed E-state index contributed by atoms with van der Waals surface area (Å²) >= 11 is 0. The number of allylic oxidation sites excluding steroid dienone is 1. The number of nitrogen functional groups attached to an aromatic ring is 1. The van der Waals surface area contributed by atoms with Crippen molar-refractivity contribution < 1.29 is 126 Å². The number of carbonyl (C=O) groups is 1. The second-order valence-electron chi connectivity index (χ2n) is 9.80. The van der Waals surface area contributed by atoms with Crippen molar-refractivity contribution in [2.24, 2.45) is 5.73 Å². The van der Waals surface area contributed by atoms with Gasteiger partial charge in [-0.05, 0) is 6.42 Å². The predicted octanol–water partition coefficient (Wildman–Crippen LogP) is -9.94. The molecule has 0 bridgehead atoms. The number of anilines is 1. The van der Waals surface area contributed by atoms with Gasteiger partial charge in [0, 0.05) is 18.0 Å². The number of nitrogens with two attached hydrogens (primary N) is 2. The van der Waals surface area contributed by atoms with E-state index in [1.807, 2.05) is 0 Å². The first-order valence-corrected chi connectivity index (χ1v) is 15.6. The molecule has 21 nitrogen and oxygen atoms in total. The van der Waals surface area contributed by atoms with Crippen molar-refractivity contribution in [1.29, 1.82) is 0 Å². The molecular formula is C21H27N7Na2O14P2. The summed E-state index contributed by atoms with van der Waals surface area (Å²) < 4.78 is 49.9. The van der Waals surface area contributed by atoms with E-state index in [-0.39, 0.29) is 88.1 Å². The minimum Gasteiger partial charge on any atom is -0.756 e. The molecule has 5 heterocycles. The number of phosphoric acid groups is 2. The second kappa shape index (κ2) is 15.8. The van der Waals surface area contributed by atoms with Gasteiger partial charge >= 0.3 is 59.1 Å². The molecule has 25 heteroatoms. The van der Waals surface area contributed by atoms with Crippen LogP contribution < -0.4 is 80.4 Å². The Morgan fingerprint density at radius 1 is 0.957 bits per heavy atom. The summed E-state index contributed by atoms with van der Waals surface area (Å²) in [5.41, 5.74) is 11.5. The van der Waals surface area contributed by atoms with Crippen LogP contribution in [-0.2, 0) is 36.8 Å². The van der Waals surface area contributed by atoms with Gasteiger partial charge < -0.3 is 65.1 Å². The summed E-state index contributed by atoms with van der Waals surface area (Å²) in [4.78, 5) is 49.0. The molecule has 0 aliphatic carbocycles. The number of hydrogen-bond donors (Lipinski definition) is 6. The average Bonchev–Trinajstić information content (AvgIpc) is 3.61. The minimum absolute atomic E-state index is 0.